The smallest absolute Gasteiger partial charge is 0.0274 e. The molecule has 0 amide bonds. The second-order valence-corrected chi connectivity index (χ2v) is 5.84. The molecule has 1 N–H and O–H groups in total. The molecule has 1 fully saturated rings. The van der Waals surface area contributed by atoms with E-state index in [1.54, 1.807) is 0 Å². The van der Waals surface area contributed by atoms with Gasteiger partial charge in [0.05, 0.1) is 0 Å². The third-order valence-electron chi connectivity index (χ3n) is 4.23. The summed E-state index contributed by atoms with van der Waals surface area (Å²) in [5.74, 6) is 1.71. The maximum Gasteiger partial charge on any atom is 0.0274 e. The van der Waals surface area contributed by atoms with Crippen LogP contribution in [0.25, 0.3) is 0 Å². The topological polar surface area (TPSA) is 15.3 Å². The van der Waals surface area contributed by atoms with E-state index < -0.39 is 0 Å². The summed E-state index contributed by atoms with van der Waals surface area (Å²) in [6.07, 6.45) is 4.02. The maximum absolute atomic E-state index is 3.73. The summed E-state index contributed by atoms with van der Waals surface area (Å²) >= 11 is 0. The van der Waals surface area contributed by atoms with Gasteiger partial charge in [-0.3, -0.25) is 4.90 Å². The van der Waals surface area contributed by atoms with E-state index in [1.807, 2.05) is 0 Å². The van der Waals surface area contributed by atoms with Gasteiger partial charge in [0, 0.05) is 12.1 Å². The molecular formula is C15H32N2. The highest BCUT2D eigenvalue weighted by atomic mass is 15.2. The minimum Gasteiger partial charge on any atom is -0.313 e. The van der Waals surface area contributed by atoms with Gasteiger partial charge in [0.25, 0.3) is 0 Å². The molecule has 1 rings (SSSR count). The van der Waals surface area contributed by atoms with Gasteiger partial charge in [0.1, 0.15) is 0 Å². The highest BCUT2D eigenvalue weighted by Gasteiger charge is 2.36. The Morgan fingerprint density at radius 2 is 1.82 bits per heavy atom. The Balaban J connectivity index is 2.73. The van der Waals surface area contributed by atoms with E-state index in [0.29, 0.717) is 6.04 Å². The number of hydrogen-bond acceptors (Lipinski definition) is 2. The van der Waals surface area contributed by atoms with Crippen LogP contribution in [0, 0.1) is 11.8 Å². The highest BCUT2D eigenvalue weighted by Crippen LogP contribution is 2.32. The van der Waals surface area contributed by atoms with E-state index in [-0.39, 0.29) is 0 Å². The molecule has 0 aromatic heterocycles. The summed E-state index contributed by atoms with van der Waals surface area (Å²) in [4.78, 5) is 2.70. The van der Waals surface area contributed by atoms with Gasteiger partial charge in [-0.2, -0.15) is 0 Å². The van der Waals surface area contributed by atoms with Crippen molar-refractivity contribution in [1.82, 2.24) is 10.2 Å². The second kappa shape index (κ2) is 7.38. The summed E-state index contributed by atoms with van der Waals surface area (Å²) in [5, 5.41) is 3.73. The zero-order valence-corrected chi connectivity index (χ0v) is 12.5. The molecule has 17 heavy (non-hydrogen) atoms. The Hall–Kier alpha value is -0.0800. The maximum atomic E-state index is 3.73. The zero-order chi connectivity index (χ0) is 12.8. The molecule has 1 aliphatic rings. The van der Waals surface area contributed by atoms with Crippen molar-refractivity contribution in [1.29, 1.82) is 0 Å². The first kappa shape index (κ1) is 15.0. The van der Waals surface area contributed by atoms with Crippen molar-refractivity contribution in [2.24, 2.45) is 11.8 Å². The predicted molar refractivity (Wildman–Crippen MR) is 76.4 cm³/mol. The van der Waals surface area contributed by atoms with E-state index >= 15 is 0 Å². The van der Waals surface area contributed by atoms with E-state index in [4.69, 9.17) is 0 Å². The Morgan fingerprint density at radius 1 is 1.12 bits per heavy atom. The third kappa shape index (κ3) is 3.96. The number of hydrogen-bond donors (Lipinski definition) is 1. The summed E-state index contributed by atoms with van der Waals surface area (Å²) in [6.45, 7) is 15.2. The normalized spacial score (nSPS) is 34.2. The Morgan fingerprint density at radius 3 is 2.35 bits per heavy atom. The van der Waals surface area contributed by atoms with Crippen molar-refractivity contribution in [3.63, 3.8) is 0 Å². The standard InChI is InChI=1S/C15H32N2/c1-6-9-17(8-3)15-13(5)10-12(4)11-14(15)16-7-2/h12-16H,6-11H2,1-5H3. The van der Waals surface area contributed by atoms with E-state index in [0.717, 1.165) is 24.4 Å². The van der Waals surface area contributed by atoms with Gasteiger partial charge in [-0.25, -0.2) is 0 Å². The van der Waals surface area contributed by atoms with Crippen molar-refractivity contribution in [2.75, 3.05) is 19.6 Å². The summed E-state index contributed by atoms with van der Waals surface area (Å²) in [5.41, 5.74) is 0. The molecule has 0 heterocycles. The van der Waals surface area contributed by atoms with Crippen LogP contribution in [0.4, 0.5) is 0 Å². The minimum absolute atomic E-state index is 0.699. The molecule has 0 saturated heterocycles. The van der Waals surface area contributed by atoms with Crippen LogP contribution in [0.15, 0.2) is 0 Å². The number of likely N-dealkylation sites (N-methyl/N-ethyl adjacent to an activating group) is 2. The van der Waals surface area contributed by atoms with Crippen molar-refractivity contribution in [3.8, 4) is 0 Å². The quantitative estimate of drug-likeness (QED) is 0.767. The van der Waals surface area contributed by atoms with Crippen LogP contribution in [0.1, 0.15) is 53.9 Å². The lowest BCUT2D eigenvalue weighted by molar-refractivity contribution is 0.0656. The van der Waals surface area contributed by atoms with Gasteiger partial charge in [-0.1, -0.05) is 34.6 Å². The lowest BCUT2D eigenvalue weighted by atomic mass is 9.75. The minimum atomic E-state index is 0.699. The van der Waals surface area contributed by atoms with Crippen molar-refractivity contribution >= 4 is 0 Å². The SMILES string of the molecule is CCCN(CC)C1C(C)CC(C)CC1NCC. The monoisotopic (exact) mass is 240 g/mol. The summed E-state index contributed by atoms with van der Waals surface area (Å²) < 4.78 is 0. The lowest BCUT2D eigenvalue weighted by Crippen LogP contribution is -2.56. The zero-order valence-electron chi connectivity index (χ0n) is 12.5. The molecule has 0 radical (unpaired) electrons. The molecule has 102 valence electrons. The first-order chi connectivity index (χ1) is 8.13. The number of nitrogens with one attached hydrogen (secondary N) is 1. The van der Waals surface area contributed by atoms with Crippen LogP contribution in [0.2, 0.25) is 0 Å². The molecule has 4 atom stereocenters. The molecular weight excluding hydrogens is 208 g/mol. The van der Waals surface area contributed by atoms with Crippen LogP contribution in [0.5, 0.6) is 0 Å². The molecule has 1 saturated carbocycles. The molecule has 0 aromatic carbocycles. The highest BCUT2D eigenvalue weighted by molar-refractivity contribution is 4.93. The molecule has 1 aliphatic carbocycles. The Bertz CT molecular complexity index is 205. The van der Waals surface area contributed by atoms with Gasteiger partial charge in [0.15, 0.2) is 0 Å². The van der Waals surface area contributed by atoms with Gasteiger partial charge < -0.3 is 5.32 Å². The van der Waals surface area contributed by atoms with Crippen molar-refractivity contribution < 1.29 is 0 Å². The van der Waals surface area contributed by atoms with Gasteiger partial charge in [-0.05, 0) is 50.7 Å². The van der Waals surface area contributed by atoms with Crippen LogP contribution in [-0.2, 0) is 0 Å². The molecule has 2 heteroatoms. The van der Waals surface area contributed by atoms with Crippen LogP contribution in [0.3, 0.4) is 0 Å². The first-order valence-corrected chi connectivity index (χ1v) is 7.61. The van der Waals surface area contributed by atoms with Gasteiger partial charge >= 0.3 is 0 Å². The fourth-order valence-corrected chi connectivity index (χ4v) is 3.73. The summed E-state index contributed by atoms with van der Waals surface area (Å²) in [7, 11) is 0. The van der Waals surface area contributed by atoms with Gasteiger partial charge in [-0.15, -0.1) is 0 Å². The van der Waals surface area contributed by atoms with Crippen LogP contribution >= 0.6 is 0 Å². The molecule has 0 aromatic rings. The van der Waals surface area contributed by atoms with E-state index in [9.17, 15) is 0 Å². The van der Waals surface area contributed by atoms with Gasteiger partial charge in [0.2, 0.25) is 0 Å². The Kier molecular flexibility index (Phi) is 6.50. The molecule has 0 aliphatic heterocycles. The average Bonchev–Trinajstić information content (AvgIpc) is 2.27. The number of rotatable bonds is 6. The fraction of sp³-hybridized carbons (Fsp3) is 1.00. The Labute approximate surface area is 108 Å². The van der Waals surface area contributed by atoms with Crippen molar-refractivity contribution in [2.45, 2.75) is 66.0 Å². The average molecular weight is 240 g/mol. The van der Waals surface area contributed by atoms with Crippen LogP contribution < -0.4 is 5.32 Å². The summed E-state index contributed by atoms with van der Waals surface area (Å²) in [6, 6.07) is 1.45. The molecule has 4 unspecified atom stereocenters. The van der Waals surface area contributed by atoms with Crippen LogP contribution in [-0.4, -0.2) is 36.6 Å². The predicted octanol–water partition coefficient (Wildman–Crippen LogP) is 3.13. The fourth-order valence-electron chi connectivity index (χ4n) is 3.73. The first-order valence-electron chi connectivity index (χ1n) is 7.61. The molecule has 0 spiro atoms. The second-order valence-electron chi connectivity index (χ2n) is 5.84. The number of nitrogens with zero attached hydrogens (tertiary/aromatic N) is 1. The molecule has 2 nitrogen and oxygen atoms in total. The van der Waals surface area contributed by atoms with E-state index in [2.05, 4.69) is 44.8 Å². The third-order valence-corrected chi connectivity index (χ3v) is 4.23. The largest absolute Gasteiger partial charge is 0.313 e. The lowest BCUT2D eigenvalue weighted by Gasteiger charge is -2.46. The van der Waals surface area contributed by atoms with E-state index in [1.165, 1.54) is 32.4 Å². The van der Waals surface area contributed by atoms with Crippen molar-refractivity contribution in [3.05, 3.63) is 0 Å². The molecule has 0 bridgehead atoms.